The Morgan fingerprint density at radius 3 is 2.71 bits per heavy atom. The van der Waals surface area contributed by atoms with Gasteiger partial charge >= 0.3 is 5.97 Å². The highest BCUT2D eigenvalue weighted by atomic mass is 79.9. The number of rotatable bonds is 6. The molecule has 38 heavy (non-hydrogen) atoms. The highest BCUT2D eigenvalue weighted by molar-refractivity contribution is 9.10. The molecule has 196 valence electrons. The Morgan fingerprint density at radius 2 is 2.03 bits per heavy atom. The molecule has 0 aliphatic carbocycles. The fourth-order valence-electron chi connectivity index (χ4n) is 4.68. The van der Waals surface area contributed by atoms with Gasteiger partial charge < -0.3 is 18.8 Å². The number of hydrogen-bond donors (Lipinski definition) is 0. The number of carbonyl (C=O) groups excluding carboxylic acids is 1. The third kappa shape index (κ3) is 4.37. The maximum atomic E-state index is 14.0. The van der Waals surface area contributed by atoms with Gasteiger partial charge in [-0.2, -0.15) is 0 Å². The molecule has 1 atom stereocenters. The first-order chi connectivity index (χ1) is 18.2. The van der Waals surface area contributed by atoms with Crippen LogP contribution in [-0.4, -0.2) is 38.3 Å². The summed E-state index contributed by atoms with van der Waals surface area (Å²) in [5, 5.41) is 1.83. The van der Waals surface area contributed by atoms with Crippen molar-refractivity contribution in [1.82, 2.24) is 4.57 Å². The summed E-state index contributed by atoms with van der Waals surface area (Å²) in [5.41, 5.74) is 1.20. The average molecular weight is 597 g/mol. The van der Waals surface area contributed by atoms with Gasteiger partial charge in [0.15, 0.2) is 4.80 Å². The highest BCUT2D eigenvalue weighted by Gasteiger charge is 2.36. The van der Waals surface area contributed by atoms with Crippen LogP contribution in [0.3, 0.4) is 0 Å². The summed E-state index contributed by atoms with van der Waals surface area (Å²) < 4.78 is 19.9. The topological polar surface area (TPSA) is 86.3 Å². The molecule has 0 bridgehead atoms. The minimum atomic E-state index is -0.797. The van der Waals surface area contributed by atoms with Crippen molar-refractivity contribution >= 4 is 56.0 Å². The van der Waals surface area contributed by atoms with E-state index in [2.05, 4.69) is 20.9 Å². The van der Waals surface area contributed by atoms with Gasteiger partial charge in [-0.15, -0.1) is 0 Å². The van der Waals surface area contributed by atoms with Gasteiger partial charge in [-0.3, -0.25) is 9.36 Å². The van der Waals surface area contributed by atoms with E-state index in [4.69, 9.17) is 13.9 Å². The summed E-state index contributed by atoms with van der Waals surface area (Å²) in [4.78, 5) is 34.3. The predicted molar refractivity (Wildman–Crippen MR) is 152 cm³/mol. The van der Waals surface area contributed by atoms with E-state index in [9.17, 15) is 9.59 Å². The van der Waals surface area contributed by atoms with Gasteiger partial charge in [0.05, 0.1) is 34.0 Å². The first-order valence-corrected chi connectivity index (χ1v) is 13.6. The van der Waals surface area contributed by atoms with Crippen molar-refractivity contribution in [3.63, 3.8) is 0 Å². The molecule has 3 heterocycles. The van der Waals surface area contributed by atoms with Crippen molar-refractivity contribution in [2.45, 2.75) is 19.9 Å². The number of benzene rings is 2. The Labute approximate surface area is 231 Å². The second-order valence-electron chi connectivity index (χ2n) is 8.90. The first-order valence-electron chi connectivity index (χ1n) is 12.0. The van der Waals surface area contributed by atoms with E-state index in [1.807, 2.05) is 61.5 Å². The normalized spacial score (nSPS) is 15.4. The third-order valence-corrected chi connectivity index (χ3v) is 7.86. The molecule has 0 unspecified atom stereocenters. The summed E-state index contributed by atoms with van der Waals surface area (Å²) in [6.07, 6.45) is 1.70. The zero-order valence-corrected chi connectivity index (χ0v) is 24.0. The van der Waals surface area contributed by atoms with E-state index < -0.39 is 12.0 Å². The molecule has 2 aromatic carbocycles. The van der Waals surface area contributed by atoms with Crippen LogP contribution in [0.2, 0.25) is 0 Å². The highest BCUT2D eigenvalue weighted by Crippen LogP contribution is 2.40. The van der Waals surface area contributed by atoms with Gasteiger partial charge in [0, 0.05) is 31.8 Å². The third-order valence-electron chi connectivity index (χ3n) is 6.31. The number of thiazole rings is 1. The summed E-state index contributed by atoms with van der Waals surface area (Å²) in [6.45, 7) is 3.71. The molecule has 0 saturated heterocycles. The van der Waals surface area contributed by atoms with Gasteiger partial charge in [0.1, 0.15) is 17.6 Å². The molecule has 0 N–H and O–H groups in total. The number of esters is 1. The van der Waals surface area contributed by atoms with Gasteiger partial charge in [-0.05, 0) is 46.6 Å². The molecule has 0 spiro atoms. The first kappa shape index (κ1) is 26.0. The molecule has 10 heteroatoms. The number of aromatic nitrogens is 1. The Bertz CT molecular complexity index is 1780. The maximum absolute atomic E-state index is 14.0. The lowest BCUT2D eigenvalue weighted by molar-refractivity contribution is -0.139. The number of fused-ring (bicyclic) bond motifs is 2. The van der Waals surface area contributed by atoms with E-state index in [1.165, 1.54) is 11.3 Å². The van der Waals surface area contributed by atoms with Crippen LogP contribution in [0.4, 0.5) is 5.88 Å². The van der Waals surface area contributed by atoms with Crippen molar-refractivity contribution in [3.8, 4) is 5.75 Å². The predicted octanol–water partition coefficient (Wildman–Crippen LogP) is 4.38. The summed E-state index contributed by atoms with van der Waals surface area (Å²) >= 11 is 4.75. The number of anilines is 1. The summed E-state index contributed by atoms with van der Waals surface area (Å²) in [6, 6.07) is 12.6. The van der Waals surface area contributed by atoms with Crippen molar-refractivity contribution < 1.29 is 18.7 Å². The van der Waals surface area contributed by atoms with Crippen molar-refractivity contribution in [1.29, 1.82) is 0 Å². The van der Waals surface area contributed by atoms with Crippen LogP contribution in [0.25, 0.3) is 16.8 Å². The molecule has 4 aromatic rings. The second kappa shape index (κ2) is 10.3. The minimum Gasteiger partial charge on any atom is -0.496 e. The monoisotopic (exact) mass is 595 g/mol. The smallest absolute Gasteiger partial charge is 0.338 e. The van der Waals surface area contributed by atoms with E-state index in [-0.39, 0.29) is 12.2 Å². The molecular weight excluding hydrogens is 570 g/mol. The number of ether oxygens (including phenoxy) is 2. The number of halogens is 1. The molecule has 5 rings (SSSR count). The molecule has 0 saturated carbocycles. The summed E-state index contributed by atoms with van der Waals surface area (Å²) in [5.74, 6) is 1.20. The van der Waals surface area contributed by atoms with Crippen LogP contribution in [0, 0.1) is 0 Å². The van der Waals surface area contributed by atoms with Crippen LogP contribution in [0.1, 0.15) is 31.2 Å². The standard InChI is InChI=1S/C28H26BrN3O5S/c1-6-36-27(34)22-15(2)30-28-32(24(22)23-18-10-8-7-9-16(18)11-12-20(23)35-5)25(33)21(38-28)14-17-13-19(29)26(37-17)31(3)4/h7-14,24H,6H2,1-5H3/b21-14+/t24-/m0/s1. The SMILES string of the molecule is CCOC(=O)C1=C(C)N=c2s/c(=C/c3cc(Br)c(N(C)C)o3)c(=O)n2[C@@H]1c1c(OC)ccc2ccccc12. The number of allylic oxidation sites excluding steroid dienone is 1. The van der Waals surface area contributed by atoms with Crippen LogP contribution in [0.5, 0.6) is 5.75 Å². The lowest BCUT2D eigenvalue weighted by Gasteiger charge is -2.27. The van der Waals surface area contributed by atoms with Crippen LogP contribution >= 0.6 is 27.3 Å². The molecule has 0 fully saturated rings. The fraction of sp³-hybridized carbons (Fsp3) is 0.250. The van der Waals surface area contributed by atoms with Gasteiger partial charge in [0.2, 0.25) is 5.88 Å². The van der Waals surface area contributed by atoms with Gasteiger partial charge in [-0.25, -0.2) is 9.79 Å². The largest absolute Gasteiger partial charge is 0.496 e. The van der Waals surface area contributed by atoms with Crippen molar-refractivity contribution in [2.75, 3.05) is 32.7 Å². The molecule has 1 aliphatic rings. The Kier molecular flexibility index (Phi) is 7.02. The van der Waals surface area contributed by atoms with E-state index in [0.717, 1.165) is 15.2 Å². The average Bonchev–Trinajstić information content (AvgIpc) is 3.41. The number of furan rings is 1. The molecule has 8 nitrogen and oxygen atoms in total. The molecule has 0 radical (unpaired) electrons. The second-order valence-corrected chi connectivity index (χ2v) is 10.8. The fourth-order valence-corrected chi connectivity index (χ4v) is 6.37. The van der Waals surface area contributed by atoms with Crippen LogP contribution in [-0.2, 0) is 9.53 Å². The van der Waals surface area contributed by atoms with E-state index >= 15 is 0 Å². The number of hydrogen-bond acceptors (Lipinski definition) is 8. The summed E-state index contributed by atoms with van der Waals surface area (Å²) in [7, 11) is 5.33. The Balaban J connectivity index is 1.82. The van der Waals surface area contributed by atoms with Gasteiger partial charge in [-0.1, -0.05) is 41.7 Å². The van der Waals surface area contributed by atoms with E-state index in [1.54, 1.807) is 31.6 Å². The lowest BCUT2D eigenvalue weighted by Crippen LogP contribution is -2.40. The van der Waals surface area contributed by atoms with Crippen LogP contribution in [0.15, 0.2) is 72.4 Å². The minimum absolute atomic E-state index is 0.195. The van der Waals surface area contributed by atoms with Crippen molar-refractivity contribution in [3.05, 3.63) is 89.2 Å². The van der Waals surface area contributed by atoms with E-state index in [0.29, 0.717) is 43.6 Å². The maximum Gasteiger partial charge on any atom is 0.338 e. The number of carbonyl (C=O) groups is 1. The zero-order valence-electron chi connectivity index (χ0n) is 21.6. The Morgan fingerprint density at radius 1 is 1.26 bits per heavy atom. The molecule has 0 amide bonds. The molecule has 2 aromatic heterocycles. The van der Waals surface area contributed by atoms with Crippen LogP contribution < -0.4 is 24.5 Å². The van der Waals surface area contributed by atoms with Gasteiger partial charge in [0.25, 0.3) is 5.56 Å². The Hall–Kier alpha value is -3.63. The number of methoxy groups -OCH3 is 1. The quantitative estimate of drug-likeness (QED) is 0.307. The zero-order chi connectivity index (χ0) is 27.1. The number of nitrogens with zero attached hydrogens (tertiary/aromatic N) is 3. The van der Waals surface area contributed by atoms with Crippen molar-refractivity contribution in [2.24, 2.45) is 4.99 Å². The molecule has 1 aliphatic heterocycles. The molecular formula is C28H26BrN3O5S. The lowest BCUT2D eigenvalue weighted by atomic mass is 9.90.